The van der Waals surface area contributed by atoms with Crippen molar-refractivity contribution < 1.29 is 9.47 Å². The predicted molar refractivity (Wildman–Crippen MR) is 232 cm³/mol. The maximum Gasteiger partial charge on any atom is 0.133 e. The molecular weight excluding hydrogens is 685 g/mol. The fourth-order valence-electron chi connectivity index (χ4n) is 8.05. The summed E-state index contributed by atoms with van der Waals surface area (Å²) in [5.41, 5.74) is 2.21. The molecule has 6 aromatic rings. The maximum absolute atomic E-state index is 6.27. The van der Waals surface area contributed by atoms with E-state index >= 15 is 0 Å². The van der Waals surface area contributed by atoms with Crippen molar-refractivity contribution in [3.63, 3.8) is 0 Å². The first kappa shape index (κ1) is 38.9. The molecule has 0 aliphatic heterocycles. The average Bonchev–Trinajstić information content (AvgIpc) is 3.52. The Labute approximate surface area is 326 Å². The quantitative estimate of drug-likeness (QED) is 0.109. The summed E-state index contributed by atoms with van der Waals surface area (Å²) in [6.07, 6.45) is 0. The zero-order valence-electron chi connectivity index (χ0n) is 33.5. The topological polar surface area (TPSA) is 18.5 Å². The van der Waals surface area contributed by atoms with Crippen LogP contribution in [0.5, 0.6) is 0 Å². The van der Waals surface area contributed by atoms with E-state index in [0.29, 0.717) is 5.92 Å². The van der Waals surface area contributed by atoms with Crippen LogP contribution in [-0.2, 0) is 9.47 Å². The van der Waals surface area contributed by atoms with Crippen LogP contribution in [0, 0.1) is 47.4 Å². The lowest BCUT2D eigenvalue weighted by Gasteiger charge is -2.35. The molecule has 0 amide bonds. The summed E-state index contributed by atoms with van der Waals surface area (Å²) >= 11 is 3.67. The minimum atomic E-state index is -0.595. The van der Waals surface area contributed by atoms with Gasteiger partial charge in [-0.1, -0.05) is 141 Å². The second kappa shape index (κ2) is 15.5. The second-order valence-corrected chi connectivity index (χ2v) is 18.4. The Balaban J connectivity index is 1.71. The second-order valence-electron chi connectivity index (χ2n) is 15.9. The van der Waals surface area contributed by atoms with E-state index in [1.54, 1.807) is 14.2 Å². The van der Waals surface area contributed by atoms with Crippen molar-refractivity contribution in [3.05, 3.63) is 95.6 Å². The first-order valence-corrected chi connectivity index (χ1v) is 20.7. The SMILES string of the molecule is COC(C#Cc1c2cc3ccccc3cc2c(C#CC(OC)(C(C)C)C(C)C)c2cc3sc(Sc4ccc(C(C)C)cc4)cc3cc12)(C(C)C)C(C)C. The highest BCUT2D eigenvalue weighted by Gasteiger charge is 2.36. The summed E-state index contributed by atoms with van der Waals surface area (Å²) in [5.74, 6) is 16.3. The van der Waals surface area contributed by atoms with Crippen LogP contribution >= 0.6 is 23.1 Å². The number of fused-ring (bicyclic) bond motifs is 4. The number of ether oxygens (including phenoxy) is 2. The fourth-order valence-corrected chi connectivity index (χ4v) is 10.3. The van der Waals surface area contributed by atoms with Crippen LogP contribution in [0.1, 0.15) is 91.8 Å². The van der Waals surface area contributed by atoms with E-state index in [0.717, 1.165) is 32.7 Å². The van der Waals surface area contributed by atoms with Crippen LogP contribution in [0.4, 0.5) is 0 Å². The average molecular weight is 739 g/mol. The van der Waals surface area contributed by atoms with Crippen LogP contribution in [0.2, 0.25) is 0 Å². The third kappa shape index (κ3) is 7.25. The normalized spacial score (nSPS) is 12.5. The molecule has 274 valence electrons. The minimum absolute atomic E-state index is 0.204. The summed E-state index contributed by atoms with van der Waals surface area (Å²) in [4.78, 5) is 1.25. The predicted octanol–water partition coefficient (Wildman–Crippen LogP) is 13.7. The molecule has 0 saturated carbocycles. The Kier molecular flexibility index (Phi) is 11.4. The van der Waals surface area contributed by atoms with Gasteiger partial charge in [0.1, 0.15) is 11.2 Å². The van der Waals surface area contributed by atoms with E-state index in [4.69, 9.17) is 9.47 Å². The third-order valence-corrected chi connectivity index (χ3v) is 13.5. The summed E-state index contributed by atoms with van der Waals surface area (Å²) in [6.45, 7) is 22.1. The van der Waals surface area contributed by atoms with Crippen LogP contribution in [0.3, 0.4) is 0 Å². The van der Waals surface area contributed by atoms with Gasteiger partial charge in [0.15, 0.2) is 0 Å². The number of hydrogen-bond acceptors (Lipinski definition) is 4. The van der Waals surface area contributed by atoms with Crippen molar-refractivity contribution in [2.24, 2.45) is 23.7 Å². The Morgan fingerprint density at radius 2 is 0.981 bits per heavy atom. The number of rotatable bonds is 9. The number of benzene rings is 5. The lowest BCUT2D eigenvalue weighted by atomic mass is 9.79. The van der Waals surface area contributed by atoms with Crippen molar-refractivity contribution in [2.45, 2.75) is 95.5 Å². The molecule has 0 spiro atoms. The minimum Gasteiger partial charge on any atom is -0.365 e. The van der Waals surface area contributed by atoms with Gasteiger partial charge in [-0.25, -0.2) is 0 Å². The Bertz CT molecular complexity index is 2250. The maximum atomic E-state index is 6.27. The van der Waals surface area contributed by atoms with Gasteiger partial charge in [-0.15, -0.1) is 11.3 Å². The summed E-state index contributed by atoms with van der Waals surface area (Å²) in [5, 5.41) is 8.03. The highest BCUT2D eigenvalue weighted by atomic mass is 32.2. The highest BCUT2D eigenvalue weighted by molar-refractivity contribution is 8.01. The van der Waals surface area contributed by atoms with Gasteiger partial charge in [-0.05, 0) is 110 Å². The van der Waals surface area contributed by atoms with E-state index in [1.165, 1.54) is 35.5 Å². The van der Waals surface area contributed by atoms with Gasteiger partial charge >= 0.3 is 0 Å². The Morgan fingerprint density at radius 3 is 1.40 bits per heavy atom. The molecule has 0 bridgehead atoms. The van der Waals surface area contributed by atoms with E-state index in [2.05, 4.69) is 172 Å². The van der Waals surface area contributed by atoms with Gasteiger partial charge in [-0.2, -0.15) is 0 Å². The molecule has 0 fully saturated rings. The third-order valence-electron chi connectivity index (χ3n) is 11.2. The summed E-state index contributed by atoms with van der Waals surface area (Å²) in [7, 11) is 3.60. The van der Waals surface area contributed by atoms with Crippen molar-refractivity contribution in [3.8, 4) is 23.7 Å². The number of hydrogen-bond donors (Lipinski definition) is 0. The summed E-state index contributed by atoms with van der Waals surface area (Å²) < 4.78 is 15.0. The van der Waals surface area contributed by atoms with Gasteiger partial charge in [0, 0.05) is 40.3 Å². The van der Waals surface area contributed by atoms with Gasteiger partial charge < -0.3 is 9.47 Å². The molecule has 0 aliphatic rings. The zero-order chi connectivity index (χ0) is 38.2. The van der Waals surface area contributed by atoms with E-state index in [-0.39, 0.29) is 23.7 Å². The summed E-state index contributed by atoms with van der Waals surface area (Å²) in [6, 6.07) is 29.3. The van der Waals surface area contributed by atoms with Gasteiger partial charge in [0.05, 0.1) is 4.21 Å². The molecule has 0 atom stereocenters. The molecule has 0 N–H and O–H groups in total. The monoisotopic (exact) mass is 738 g/mol. The molecule has 1 aromatic heterocycles. The van der Waals surface area contributed by atoms with Crippen LogP contribution in [0.25, 0.3) is 42.4 Å². The smallest absolute Gasteiger partial charge is 0.133 e. The fraction of sp³-hybridized carbons (Fsp3) is 0.388. The van der Waals surface area contributed by atoms with Crippen molar-refractivity contribution >= 4 is 65.5 Å². The Hall–Kier alpha value is -3.77. The molecule has 1 heterocycles. The van der Waals surface area contributed by atoms with Crippen LogP contribution in [-0.4, -0.2) is 25.4 Å². The number of methoxy groups -OCH3 is 2. The van der Waals surface area contributed by atoms with Crippen LogP contribution in [0.15, 0.2) is 88.0 Å². The van der Waals surface area contributed by atoms with Gasteiger partial charge in [0.25, 0.3) is 0 Å². The highest BCUT2D eigenvalue weighted by Crippen LogP contribution is 2.43. The molecule has 4 heteroatoms. The standard InChI is InChI=1S/C49H54O2S2/c1-30(2)35-17-19-39(20-18-35)52-47-28-38-27-44-40(21-23-48(50-11,31(3)4)32(5)6)42-25-36-15-13-14-16-37(36)26-43(42)41(45(44)29-46(38)53-47)22-24-49(51-12,33(7)8)34(9)10/h13-20,25-34H,1-12H3. The van der Waals surface area contributed by atoms with E-state index in [1.807, 2.05) is 23.1 Å². The van der Waals surface area contributed by atoms with Crippen molar-refractivity contribution in [2.75, 3.05) is 14.2 Å². The molecule has 0 aliphatic carbocycles. The molecule has 2 nitrogen and oxygen atoms in total. The molecule has 0 unspecified atom stereocenters. The molecule has 0 saturated heterocycles. The van der Waals surface area contributed by atoms with Crippen molar-refractivity contribution in [1.82, 2.24) is 0 Å². The van der Waals surface area contributed by atoms with Gasteiger partial charge in [-0.3, -0.25) is 0 Å². The Morgan fingerprint density at radius 1 is 0.547 bits per heavy atom. The van der Waals surface area contributed by atoms with E-state index < -0.39 is 11.2 Å². The number of thiophene rings is 1. The largest absolute Gasteiger partial charge is 0.365 e. The first-order valence-electron chi connectivity index (χ1n) is 19.0. The molecule has 53 heavy (non-hydrogen) atoms. The molecule has 5 aromatic carbocycles. The lowest BCUT2D eigenvalue weighted by molar-refractivity contribution is -0.0338. The zero-order valence-corrected chi connectivity index (χ0v) is 35.2. The van der Waals surface area contributed by atoms with E-state index in [9.17, 15) is 0 Å². The van der Waals surface area contributed by atoms with Crippen LogP contribution < -0.4 is 0 Å². The first-order chi connectivity index (χ1) is 25.2. The molecule has 0 radical (unpaired) electrons. The van der Waals surface area contributed by atoms with Crippen molar-refractivity contribution in [1.29, 1.82) is 0 Å². The molecule has 6 rings (SSSR count). The molecular formula is C49H54O2S2. The van der Waals surface area contributed by atoms with Gasteiger partial charge in [0.2, 0.25) is 0 Å². The lowest BCUT2D eigenvalue weighted by Crippen LogP contribution is -2.41.